The molecule has 0 saturated heterocycles. The Hall–Kier alpha value is -2.31. The van der Waals surface area contributed by atoms with E-state index < -0.39 is 5.82 Å². The van der Waals surface area contributed by atoms with Gasteiger partial charge in [-0.05, 0) is 31.0 Å². The van der Waals surface area contributed by atoms with Gasteiger partial charge in [0, 0.05) is 46.4 Å². The quantitative estimate of drug-likeness (QED) is 0.163. The highest BCUT2D eigenvalue weighted by Gasteiger charge is 2.14. The first-order valence-electron chi connectivity index (χ1n) is 10.9. The van der Waals surface area contributed by atoms with Gasteiger partial charge in [0.25, 0.3) is 0 Å². The first-order chi connectivity index (χ1) is 15.4. The van der Waals surface area contributed by atoms with Crippen molar-refractivity contribution in [1.29, 1.82) is 5.41 Å². The second-order valence-electron chi connectivity index (χ2n) is 7.61. The number of hydrogen-bond acceptors (Lipinski definition) is 5. The molecule has 32 heavy (non-hydrogen) atoms. The molecule has 1 atom stereocenters. The number of nitrogens with two attached hydrogens (primary N) is 1. The largest absolute Gasteiger partial charge is 0.485 e. The number of unbranched alkanes of at least 4 members (excludes halogenated alkanes) is 2. The Labute approximate surface area is 199 Å². The molecule has 5 nitrogen and oxygen atoms in total. The number of nitrogen functional groups attached to an aromatic ring is 1. The van der Waals surface area contributed by atoms with Gasteiger partial charge in [0.1, 0.15) is 12.4 Å². The van der Waals surface area contributed by atoms with Crippen LogP contribution in [0.15, 0.2) is 30.6 Å². The summed E-state index contributed by atoms with van der Waals surface area (Å²) in [6.07, 6.45) is 11.5. The molecule has 0 fully saturated rings. The minimum atomic E-state index is -0.574. The molecule has 1 heterocycles. The summed E-state index contributed by atoms with van der Waals surface area (Å²) in [5.41, 5.74) is 7.62. The third-order valence-corrected chi connectivity index (χ3v) is 5.91. The molecule has 8 heteroatoms. The number of allylic oxidation sites excluding steroid dienone is 1. The Bertz CT molecular complexity index is 936. The van der Waals surface area contributed by atoms with Crippen LogP contribution >= 0.6 is 23.2 Å². The van der Waals surface area contributed by atoms with Gasteiger partial charge in [-0.15, -0.1) is 0 Å². The van der Waals surface area contributed by atoms with E-state index in [1.165, 1.54) is 37.6 Å². The third-order valence-electron chi connectivity index (χ3n) is 5.15. The van der Waals surface area contributed by atoms with Crippen LogP contribution in [0.5, 0.6) is 5.75 Å². The molecule has 0 radical (unpaired) electrons. The minimum absolute atomic E-state index is 0.0668. The van der Waals surface area contributed by atoms with Gasteiger partial charge in [-0.3, -0.25) is 0 Å². The van der Waals surface area contributed by atoms with Crippen LogP contribution in [-0.2, 0) is 6.61 Å². The zero-order valence-electron chi connectivity index (χ0n) is 18.6. The number of anilines is 1. The van der Waals surface area contributed by atoms with Gasteiger partial charge in [-0.25, -0.2) is 9.37 Å². The summed E-state index contributed by atoms with van der Waals surface area (Å²) < 4.78 is 19.5. The number of nitrogens with one attached hydrogen (secondary N) is 2. The third kappa shape index (κ3) is 7.38. The Morgan fingerprint density at radius 2 is 2.03 bits per heavy atom. The molecule has 0 bridgehead atoms. The Balaban J connectivity index is 2.17. The van der Waals surface area contributed by atoms with Crippen molar-refractivity contribution >= 4 is 40.8 Å². The van der Waals surface area contributed by atoms with Gasteiger partial charge >= 0.3 is 0 Å². The first kappa shape index (κ1) is 25.9. The summed E-state index contributed by atoms with van der Waals surface area (Å²) in [7, 11) is 0. The highest BCUT2D eigenvalue weighted by molar-refractivity contribution is 6.36. The Kier molecular flexibility index (Phi) is 10.8. The van der Waals surface area contributed by atoms with Crippen LogP contribution in [0.2, 0.25) is 10.0 Å². The van der Waals surface area contributed by atoms with Crippen molar-refractivity contribution in [3.05, 3.63) is 57.6 Å². The predicted molar refractivity (Wildman–Crippen MR) is 132 cm³/mol. The van der Waals surface area contributed by atoms with E-state index in [1.807, 2.05) is 6.20 Å². The molecule has 0 saturated carbocycles. The van der Waals surface area contributed by atoms with E-state index in [9.17, 15) is 4.39 Å². The lowest BCUT2D eigenvalue weighted by atomic mass is 10.0. The smallest absolute Gasteiger partial charge is 0.166 e. The molecular formula is C24H31Cl2FN4O. The molecule has 2 rings (SSSR count). The maximum Gasteiger partial charge on any atom is 0.166 e. The normalized spacial score (nSPS) is 12.5. The fraction of sp³-hybridized carbons (Fsp3) is 0.417. The van der Waals surface area contributed by atoms with Crippen molar-refractivity contribution in [1.82, 2.24) is 10.3 Å². The molecule has 0 spiro atoms. The summed E-state index contributed by atoms with van der Waals surface area (Å²) in [6.45, 7) is 4.29. The lowest BCUT2D eigenvalue weighted by Crippen LogP contribution is -2.24. The van der Waals surface area contributed by atoms with Gasteiger partial charge in [-0.2, -0.15) is 0 Å². The molecular weight excluding hydrogens is 450 g/mol. The van der Waals surface area contributed by atoms with Gasteiger partial charge in [-0.1, -0.05) is 62.7 Å². The van der Waals surface area contributed by atoms with Crippen LogP contribution in [0, 0.1) is 11.2 Å². The summed E-state index contributed by atoms with van der Waals surface area (Å²) in [6, 6.07) is 4.69. The van der Waals surface area contributed by atoms with Crippen molar-refractivity contribution < 1.29 is 9.13 Å². The average Bonchev–Trinajstić information content (AvgIpc) is 2.78. The van der Waals surface area contributed by atoms with Gasteiger partial charge in [0.2, 0.25) is 0 Å². The molecule has 1 unspecified atom stereocenters. The van der Waals surface area contributed by atoms with Gasteiger partial charge < -0.3 is 21.2 Å². The monoisotopic (exact) mass is 480 g/mol. The van der Waals surface area contributed by atoms with E-state index >= 15 is 0 Å². The molecule has 1 aromatic heterocycles. The second-order valence-corrected chi connectivity index (χ2v) is 8.40. The predicted octanol–water partition coefficient (Wildman–Crippen LogP) is 7.02. The molecule has 0 aliphatic rings. The summed E-state index contributed by atoms with van der Waals surface area (Å²) in [5.74, 6) is -0.0898. The van der Waals surface area contributed by atoms with E-state index in [2.05, 4.69) is 24.1 Å². The van der Waals surface area contributed by atoms with Crippen molar-refractivity contribution in [2.75, 3.05) is 5.73 Å². The standard InChI is InChI=1S/C24H31Cl2FN4O/c1-3-5-6-8-18(7-4-2)30-14-17(12-28)16-11-22(24(29)31-13-16)32-15-19-20(25)9-10-21(27)23(19)26/h9-14,18,28,30H,3-8,15H2,1-2H3,(H2,29,31)/b17-14+,28-12?. The minimum Gasteiger partial charge on any atom is -0.485 e. The van der Waals surface area contributed by atoms with Gasteiger partial charge in [0.05, 0.1) is 5.02 Å². The average molecular weight is 481 g/mol. The maximum atomic E-state index is 13.8. The number of halogens is 3. The summed E-state index contributed by atoms with van der Waals surface area (Å²) in [4.78, 5) is 4.19. The fourth-order valence-electron chi connectivity index (χ4n) is 3.30. The van der Waals surface area contributed by atoms with Crippen molar-refractivity contribution in [3.63, 3.8) is 0 Å². The molecule has 1 aromatic carbocycles. The van der Waals surface area contributed by atoms with Crippen molar-refractivity contribution in [2.45, 2.75) is 65.0 Å². The van der Waals surface area contributed by atoms with E-state index in [1.54, 1.807) is 12.3 Å². The van der Waals surface area contributed by atoms with Crippen molar-refractivity contribution in [2.24, 2.45) is 0 Å². The molecule has 0 amide bonds. The van der Waals surface area contributed by atoms with Crippen LogP contribution < -0.4 is 15.8 Å². The number of ether oxygens (including phenoxy) is 1. The molecule has 174 valence electrons. The maximum absolute atomic E-state index is 13.8. The molecule has 2 aromatic rings. The number of aromatic nitrogens is 1. The zero-order chi connectivity index (χ0) is 23.5. The number of pyridine rings is 1. The summed E-state index contributed by atoms with van der Waals surface area (Å²) >= 11 is 12.1. The van der Waals surface area contributed by atoms with Crippen LogP contribution in [0.3, 0.4) is 0 Å². The van der Waals surface area contributed by atoms with Crippen molar-refractivity contribution in [3.8, 4) is 5.75 Å². The fourth-order valence-corrected chi connectivity index (χ4v) is 3.78. The lowest BCUT2D eigenvalue weighted by Gasteiger charge is -2.17. The SMILES string of the molecule is CCCCCC(CCC)N/C=C(\C=N)c1cnc(N)c(OCc2c(Cl)ccc(F)c2Cl)c1. The van der Waals surface area contributed by atoms with E-state index in [-0.39, 0.29) is 17.4 Å². The van der Waals surface area contributed by atoms with Crippen LogP contribution in [-0.4, -0.2) is 17.2 Å². The van der Waals surface area contributed by atoms with Crippen LogP contribution in [0.4, 0.5) is 10.2 Å². The summed E-state index contributed by atoms with van der Waals surface area (Å²) in [5, 5.41) is 11.5. The Morgan fingerprint density at radius 3 is 2.72 bits per heavy atom. The Morgan fingerprint density at radius 1 is 1.25 bits per heavy atom. The lowest BCUT2D eigenvalue weighted by molar-refractivity contribution is 0.306. The van der Waals surface area contributed by atoms with Crippen LogP contribution in [0.25, 0.3) is 5.57 Å². The number of nitrogens with zero attached hydrogens (tertiary/aromatic N) is 1. The number of hydrogen-bond donors (Lipinski definition) is 3. The highest BCUT2D eigenvalue weighted by Crippen LogP contribution is 2.30. The van der Waals surface area contributed by atoms with Gasteiger partial charge in [0.15, 0.2) is 11.6 Å². The molecule has 4 N–H and O–H groups in total. The van der Waals surface area contributed by atoms with Crippen LogP contribution in [0.1, 0.15) is 63.5 Å². The highest BCUT2D eigenvalue weighted by atomic mass is 35.5. The molecule has 0 aliphatic carbocycles. The van der Waals surface area contributed by atoms with E-state index in [4.69, 9.17) is 39.1 Å². The van der Waals surface area contributed by atoms with E-state index in [0.29, 0.717) is 33.5 Å². The number of rotatable bonds is 13. The number of benzene rings is 1. The zero-order valence-corrected chi connectivity index (χ0v) is 20.1. The second kappa shape index (κ2) is 13.3. The first-order valence-corrected chi connectivity index (χ1v) is 11.6. The van der Waals surface area contributed by atoms with E-state index in [0.717, 1.165) is 19.3 Å². The molecule has 0 aliphatic heterocycles. The topological polar surface area (TPSA) is 84.0 Å².